The third kappa shape index (κ3) is 2.55. The van der Waals surface area contributed by atoms with Gasteiger partial charge < -0.3 is 4.57 Å². The largest absolute Gasteiger partial charge is 0.340 e. The molecule has 0 N–H and O–H groups in total. The first-order chi connectivity index (χ1) is 8.06. The molecule has 0 saturated heterocycles. The van der Waals surface area contributed by atoms with Crippen LogP contribution in [0.3, 0.4) is 0 Å². The van der Waals surface area contributed by atoms with E-state index in [1.807, 2.05) is 0 Å². The molecule has 0 saturated carbocycles. The number of ketones is 1. The zero-order chi connectivity index (χ0) is 12.4. The van der Waals surface area contributed by atoms with Crippen molar-refractivity contribution in [3.8, 4) is 0 Å². The number of nitrogens with zero attached hydrogens (tertiary/aromatic N) is 2. The van der Waals surface area contributed by atoms with Gasteiger partial charge in [-0.3, -0.25) is 4.79 Å². The van der Waals surface area contributed by atoms with E-state index < -0.39 is 11.6 Å². The molecule has 2 aromatic rings. The Balaban J connectivity index is 2.21. The van der Waals surface area contributed by atoms with E-state index in [1.54, 1.807) is 17.8 Å². The Kier molecular flexibility index (Phi) is 2.99. The van der Waals surface area contributed by atoms with Gasteiger partial charge in [-0.25, -0.2) is 13.8 Å². The number of aromatic nitrogens is 2. The molecule has 0 amide bonds. The molecule has 0 radical (unpaired) electrons. The predicted molar refractivity (Wildman–Crippen MR) is 57.6 cm³/mol. The molecular formula is C12H10F2N2O. The highest BCUT2D eigenvalue weighted by Gasteiger charge is 2.13. The van der Waals surface area contributed by atoms with Gasteiger partial charge >= 0.3 is 0 Å². The lowest BCUT2D eigenvalue weighted by Gasteiger charge is -2.01. The lowest BCUT2D eigenvalue weighted by molar-refractivity contribution is 0.0987. The highest BCUT2D eigenvalue weighted by atomic mass is 19.1. The van der Waals surface area contributed by atoms with E-state index in [0.29, 0.717) is 0 Å². The van der Waals surface area contributed by atoms with Crippen LogP contribution in [0.1, 0.15) is 16.1 Å². The standard InChI is InChI=1S/C12H10F2N2O/c1-16-6-11(15-7-16)12(17)5-8-4-9(13)2-3-10(8)14/h2-4,6-7H,5H2,1H3. The first kappa shape index (κ1) is 11.4. The van der Waals surface area contributed by atoms with Gasteiger partial charge in [-0.05, 0) is 23.8 Å². The van der Waals surface area contributed by atoms with Gasteiger partial charge in [0.2, 0.25) is 0 Å². The molecule has 1 aromatic carbocycles. The van der Waals surface area contributed by atoms with Crippen molar-refractivity contribution in [1.82, 2.24) is 9.55 Å². The van der Waals surface area contributed by atoms with E-state index in [9.17, 15) is 13.6 Å². The van der Waals surface area contributed by atoms with Crippen molar-refractivity contribution in [2.24, 2.45) is 7.05 Å². The minimum atomic E-state index is -0.587. The van der Waals surface area contributed by atoms with Crippen molar-refractivity contribution in [3.63, 3.8) is 0 Å². The lowest BCUT2D eigenvalue weighted by Crippen LogP contribution is -2.06. The maximum absolute atomic E-state index is 13.3. The maximum Gasteiger partial charge on any atom is 0.187 e. The molecule has 5 heteroatoms. The van der Waals surface area contributed by atoms with Gasteiger partial charge in [0.1, 0.15) is 17.3 Å². The normalized spacial score (nSPS) is 10.5. The highest BCUT2D eigenvalue weighted by Crippen LogP contribution is 2.12. The van der Waals surface area contributed by atoms with Crippen LogP contribution in [0.4, 0.5) is 8.78 Å². The van der Waals surface area contributed by atoms with E-state index in [0.717, 1.165) is 18.2 Å². The third-order valence-electron chi connectivity index (χ3n) is 2.35. The van der Waals surface area contributed by atoms with Crippen LogP contribution in [-0.4, -0.2) is 15.3 Å². The monoisotopic (exact) mass is 236 g/mol. The molecular weight excluding hydrogens is 226 g/mol. The number of hydrogen-bond acceptors (Lipinski definition) is 2. The zero-order valence-electron chi connectivity index (χ0n) is 9.15. The number of imidazole rings is 1. The molecule has 1 heterocycles. The van der Waals surface area contributed by atoms with E-state index in [-0.39, 0.29) is 23.5 Å². The topological polar surface area (TPSA) is 34.9 Å². The fraction of sp³-hybridized carbons (Fsp3) is 0.167. The minimum Gasteiger partial charge on any atom is -0.340 e. The van der Waals surface area contributed by atoms with Gasteiger partial charge in [0.15, 0.2) is 5.78 Å². The Hall–Kier alpha value is -2.04. The minimum absolute atomic E-state index is 0.0423. The molecule has 0 atom stereocenters. The molecule has 1 aromatic heterocycles. The molecule has 0 aliphatic rings. The molecule has 0 aliphatic carbocycles. The van der Waals surface area contributed by atoms with Gasteiger partial charge in [-0.2, -0.15) is 0 Å². The smallest absolute Gasteiger partial charge is 0.187 e. The summed E-state index contributed by atoms with van der Waals surface area (Å²) in [5.74, 6) is -1.49. The number of rotatable bonds is 3. The molecule has 0 bridgehead atoms. The summed E-state index contributed by atoms with van der Waals surface area (Å²) in [7, 11) is 1.73. The number of aryl methyl sites for hydroxylation is 1. The van der Waals surface area contributed by atoms with Gasteiger partial charge in [0, 0.05) is 19.7 Å². The second kappa shape index (κ2) is 4.45. The van der Waals surface area contributed by atoms with Crippen LogP contribution in [0.5, 0.6) is 0 Å². The van der Waals surface area contributed by atoms with Crippen molar-refractivity contribution >= 4 is 5.78 Å². The van der Waals surface area contributed by atoms with Crippen molar-refractivity contribution in [2.75, 3.05) is 0 Å². The predicted octanol–water partition coefficient (Wildman–Crippen LogP) is 2.12. The van der Waals surface area contributed by atoms with Gasteiger partial charge in [0.25, 0.3) is 0 Å². The van der Waals surface area contributed by atoms with Crippen LogP contribution >= 0.6 is 0 Å². The zero-order valence-corrected chi connectivity index (χ0v) is 9.15. The quantitative estimate of drug-likeness (QED) is 0.765. The van der Waals surface area contributed by atoms with Crippen molar-refractivity contribution in [2.45, 2.75) is 6.42 Å². The Bertz CT molecular complexity index is 563. The fourth-order valence-electron chi connectivity index (χ4n) is 1.50. The van der Waals surface area contributed by atoms with Gasteiger partial charge in [-0.15, -0.1) is 0 Å². The van der Waals surface area contributed by atoms with E-state index in [1.165, 1.54) is 6.33 Å². The van der Waals surface area contributed by atoms with Crippen LogP contribution < -0.4 is 0 Å². The summed E-state index contributed by atoms with van der Waals surface area (Å²) in [5.41, 5.74) is 0.289. The number of hydrogen-bond donors (Lipinski definition) is 0. The van der Waals surface area contributed by atoms with E-state index >= 15 is 0 Å². The maximum atomic E-state index is 13.3. The Morgan fingerprint density at radius 3 is 2.82 bits per heavy atom. The van der Waals surface area contributed by atoms with Crippen LogP contribution in [0.15, 0.2) is 30.7 Å². The van der Waals surface area contributed by atoms with Crippen molar-refractivity contribution < 1.29 is 13.6 Å². The van der Waals surface area contributed by atoms with Crippen LogP contribution in [0.25, 0.3) is 0 Å². The lowest BCUT2D eigenvalue weighted by atomic mass is 10.1. The summed E-state index contributed by atoms with van der Waals surface area (Å²) in [6, 6.07) is 3.05. The van der Waals surface area contributed by atoms with Crippen molar-refractivity contribution in [3.05, 3.63) is 53.6 Å². The number of benzene rings is 1. The first-order valence-corrected chi connectivity index (χ1v) is 5.01. The molecule has 0 unspecified atom stereocenters. The molecule has 17 heavy (non-hydrogen) atoms. The van der Waals surface area contributed by atoms with Crippen molar-refractivity contribution in [1.29, 1.82) is 0 Å². The molecule has 2 rings (SSSR count). The Morgan fingerprint density at radius 1 is 1.41 bits per heavy atom. The van der Waals surface area contributed by atoms with Gasteiger partial charge in [-0.1, -0.05) is 0 Å². The third-order valence-corrected chi connectivity index (χ3v) is 2.35. The van der Waals surface area contributed by atoms with Crippen LogP contribution in [-0.2, 0) is 13.5 Å². The fourth-order valence-corrected chi connectivity index (χ4v) is 1.50. The summed E-state index contributed by atoms with van der Waals surface area (Å²) in [4.78, 5) is 15.6. The van der Waals surface area contributed by atoms with Crippen LogP contribution in [0, 0.1) is 11.6 Å². The number of carbonyl (C=O) groups excluding carboxylic acids is 1. The van der Waals surface area contributed by atoms with E-state index in [2.05, 4.69) is 4.98 Å². The average molecular weight is 236 g/mol. The average Bonchev–Trinajstić information content (AvgIpc) is 2.70. The summed E-state index contributed by atoms with van der Waals surface area (Å²) in [6.07, 6.45) is 2.83. The summed E-state index contributed by atoms with van der Waals surface area (Å²) in [6.45, 7) is 0. The number of carbonyl (C=O) groups is 1. The molecule has 88 valence electrons. The second-order valence-electron chi connectivity index (χ2n) is 3.76. The molecule has 3 nitrogen and oxygen atoms in total. The van der Waals surface area contributed by atoms with Crippen LogP contribution in [0.2, 0.25) is 0 Å². The molecule has 0 aliphatic heterocycles. The number of halogens is 2. The molecule has 0 fully saturated rings. The Labute approximate surface area is 96.7 Å². The molecule has 0 spiro atoms. The summed E-state index contributed by atoms with van der Waals surface area (Å²) < 4.78 is 27.8. The first-order valence-electron chi connectivity index (χ1n) is 5.01. The summed E-state index contributed by atoms with van der Waals surface area (Å²) in [5, 5.41) is 0. The Morgan fingerprint density at radius 2 is 2.18 bits per heavy atom. The van der Waals surface area contributed by atoms with Gasteiger partial charge in [0.05, 0.1) is 6.33 Å². The highest BCUT2D eigenvalue weighted by molar-refractivity contribution is 5.95. The van der Waals surface area contributed by atoms with E-state index in [4.69, 9.17) is 0 Å². The second-order valence-corrected chi connectivity index (χ2v) is 3.76. The summed E-state index contributed by atoms with van der Waals surface area (Å²) >= 11 is 0. The number of Topliss-reactive ketones (excluding diaryl/α,β-unsaturated/α-hetero) is 1. The SMILES string of the molecule is Cn1cnc(C(=O)Cc2cc(F)ccc2F)c1.